The van der Waals surface area contributed by atoms with Crippen molar-refractivity contribution in [2.75, 3.05) is 19.0 Å². The summed E-state index contributed by atoms with van der Waals surface area (Å²) in [6.45, 7) is 5.70. The van der Waals surface area contributed by atoms with Crippen molar-refractivity contribution in [3.63, 3.8) is 0 Å². The van der Waals surface area contributed by atoms with Gasteiger partial charge in [0, 0.05) is 0 Å². The number of benzene rings is 1. The second kappa shape index (κ2) is 6.80. The molecule has 1 aromatic carbocycles. The average molecular weight is 341 g/mol. The van der Waals surface area contributed by atoms with E-state index in [0.29, 0.717) is 34.0 Å². The fraction of sp³-hybridized carbons (Fsp3) is 0.278. The van der Waals surface area contributed by atoms with Gasteiger partial charge in [0.15, 0.2) is 0 Å². The van der Waals surface area contributed by atoms with Crippen LogP contribution in [0.15, 0.2) is 28.9 Å². The fourth-order valence-corrected chi connectivity index (χ4v) is 2.64. The molecule has 0 fully saturated rings. The number of anilines is 2. The van der Waals surface area contributed by atoms with Gasteiger partial charge < -0.3 is 19.2 Å². The number of methoxy groups -OCH3 is 1. The van der Waals surface area contributed by atoms with E-state index >= 15 is 0 Å². The second-order valence-corrected chi connectivity index (χ2v) is 5.48. The largest absolute Gasteiger partial charge is 0.495 e. The van der Waals surface area contributed by atoms with Crippen LogP contribution < -0.4 is 10.1 Å². The molecule has 7 heteroatoms. The van der Waals surface area contributed by atoms with Gasteiger partial charge in [0.2, 0.25) is 5.71 Å². The molecule has 0 atom stereocenters. The van der Waals surface area contributed by atoms with Crippen molar-refractivity contribution >= 4 is 28.6 Å². The molecule has 0 spiro atoms. The van der Waals surface area contributed by atoms with E-state index in [0.717, 1.165) is 11.3 Å². The highest BCUT2D eigenvalue weighted by molar-refractivity contribution is 6.08. The summed E-state index contributed by atoms with van der Waals surface area (Å²) < 4.78 is 16.1. The lowest BCUT2D eigenvalue weighted by molar-refractivity contribution is 0.0526. The van der Waals surface area contributed by atoms with Crippen LogP contribution in [0.3, 0.4) is 0 Å². The summed E-state index contributed by atoms with van der Waals surface area (Å²) in [5, 5.41) is 3.70. The highest BCUT2D eigenvalue weighted by Gasteiger charge is 2.24. The van der Waals surface area contributed by atoms with E-state index in [1.807, 2.05) is 25.1 Å². The first kappa shape index (κ1) is 16.8. The molecule has 3 aromatic rings. The van der Waals surface area contributed by atoms with Crippen LogP contribution in [0.4, 0.5) is 11.5 Å². The summed E-state index contributed by atoms with van der Waals surface area (Å²) in [6.07, 6.45) is 1.38. The normalized spacial score (nSPS) is 10.7. The van der Waals surface area contributed by atoms with E-state index in [1.54, 1.807) is 21.0 Å². The monoisotopic (exact) mass is 341 g/mol. The van der Waals surface area contributed by atoms with E-state index < -0.39 is 5.97 Å². The zero-order valence-electron chi connectivity index (χ0n) is 14.5. The van der Waals surface area contributed by atoms with Crippen molar-refractivity contribution in [2.45, 2.75) is 20.8 Å². The molecule has 2 heterocycles. The van der Waals surface area contributed by atoms with Crippen LogP contribution in [-0.2, 0) is 4.74 Å². The molecule has 0 saturated carbocycles. The molecule has 2 aromatic heterocycles. The van der Waals surface area contributed by atoms with Gasteiger partial charge in [-0.1, -0.05) is 6.07 Å². The minimum absolute atomic E-state index is 0.271. The van der Waals surface area contributed by atoms with Gasteiger partial charge in [0.1, 0.15) is 29.2 Å². The topological polar surface area (TPSA) is 86.5 Å². The van der Waals surface area contributed by atoms with Crippen LogP contribution in [0.5, 0.6) is 5.75 Å². The highest BCUT2D eigenvalue weighted by atomic mass is 16.5. The zero-order valence-corrected chi connectivity index (χ0v) is 14.5. The maximum absolute atomic E-state index is 12.3. The maximum Gasteiger partial charge on any atom is 0.342 e. The first-order valence-corrected chi connectivity index (χ1v) is 7.88. The number of esters is 1. The number of ether oxygens (including phenoxy) is 2. The third kappa shape index (κ3) is 3.13. The summed E-state index contributed by atoms with van der Waals surface area (Å²) in [5.74, 6) is 1.09. The Bertz CT molecular complexity index is 933. The Labute approximate surface area is 145 Å². The fourth-order valence-electron chi connectivity index (χ4n) is 2.64. The van der Waals surface area contributed by atoms with Crippen molar-refractivity contribution in [1.29, 1.82) is 0 Å². The SMILES string of the molecule is CCOC(=O)c1c(C)oc2ncnc(Nc3cc(C)ccc3OC)c12. The van der Waals surface area contributed by atoms with Crippen LogP contribution in [-0.4, -0.2) is 29.7 Å². The molecule has 0 amide bonds. The number of carbonyl (C=O) groups excluding carboxylic acids is 1. The molecule has 0 bridgehead atoms. The Morgan fingerprint density at radius 3 is 2.80 bits per heavy atom. The van der Waals surface area contributed by atoms with Crippen LogP contribution in [0, 0.1) is 13.8 Å². The highest BCUT2D eigenvalue weighted by Crippen LogP contribution is 2.34. The van der Waals surface area contributed by atoms with Gasteiger partial charge in [-0.25, -0.2) is 14.8 Å². The number of fused-ring (bicyclic) bond motifs is 1. The predicted octanol–water partition coefficient (Wildman–Crippen LogP) is 3.77. The van der Waals surface area contributed by atoms with Crippen LogP contribution >= 0.6 is 0 Å². The third-order valence-electron chi connectivity index (χ3n) is 3.75. The Morgan fingerprint density at radius 1 is 1.28 bits per heavy atom. The predicted molar refractivity (Wildman–Crippen MR) is 93.5 cm³/mol. The summed E-state index contributed by atoms with van der Waals surface area (Å²) in [7, 11) is 1.59. The summed E-state index contributed by atoms with van der Waals surface area (Å²) in [6, 6.07) is 5.75. The van der Waals surface area contributed by atoms with Gasteiger partial charge in [-0.05, 0) is 38.5 Å². The van der Waals surface area contributed by atoms with Crippen LogP contribution in [0.25, 0.3) is 11.1 Å². The Kier molecular flexibility index (Phi) is 4.56. The van der Waals surface area contributed by atoms with E-state index in [-0.39, 0.29) is 6.61 Å². The summed E-state index contributed by atoms with van der Waals surface area (Å²) >= 11 is 0. The summed E-state index contributed by atoms with van der Waals surface area (Å²) in [4.78, 5) is 20.7. The number of nitrogens with zero attached hydrogens (tertiary/aromatic N) is 2. The Hall–Kier alpha value is -3.09. The number of rotatable bonds is 5. The van der Waals surface area contributed by atoms with Crippen molar-refractivity contribution in [1.82, 2.24) is 9.97 Å². The number of aromatic nitrogens is 2. The molecule has 3 rings (SSSR count). The van der Waals surface area contributed by atoms with Crippen LogP contribution in [0.2, 0.25) is 0 Å². The molecule has 0 unspecified atom stereocenters. The van der Waals surface area contributed by atoms with Gasteiger partial charge in [-0.15, -0.1) is 0 Å². The molecule has 0 saturated heterocycles. The second-order valence-electron chi connectivity index (χ2n) is 5.48. The molecule has 1 N–H and O–H groups in total. The molecule has 130 valence electrons. The lowest BCUT2D eigenvalue weighted by atomic mass is 10.1. The number of furan rings is 1. The lowest BCUT2D eigenvalue weighted by Gasteiger charge is -2.12. The van der Waals surface area contributed by atoms with Gasteiger partial charge in [0.25, 0.3) is 0 Å². The number of carbonyl (C=O) groups is 1. The molecule has 0 aliphatic heterocycles. The standard InChI is InChI=1S/C18H19N3O4/c1-5-24-18(22)14-11(3)25-17-15(14)16(19-9-20-17)21-12-8-10(2)6-7-13(12)23-4/h6-9H,5H2,1-4H3,(H,19,20,21). The molecule has 7 nitrogen and oxygen atoms in total. The Balaban J connectivity index is 2.14. The molecule has 0 aliphatic carbocycles. The van der Waals surface area contributed by atoms with E-state index in [1.165, 1.54) is 6.33 Å². The van der Waals surface area contributed by atoms with E-state index in [9.17, 15) is 4.79 Å². The number of aryl methyl sites for hydroxylation is 2. The van der Waals surface area contributed by atoms with Crippen molar-refractivity contribution < 1.29 is 18.7 Å². The lowest BCUT2D eigenvalue weighted by Crippen LogP contribution is -2.07. The minimum Gasteiger partial charge on any atom is -0.495 e. The number of hydrogen-bond donors (Lipinski definition) is 1. The maximum atomic E-state index is 12.3. The molecular weight excluding hydrogens is 322 g/mol. The number of nitrogens with one attached hydrogen (secondary N) is 1. The minimum atomic E-state index is -0.465. The van der Waals surface area contributed by atoms with Gasteiger partial charge in [-0.3, -0.25) is 0 Å². The average Bonchev–Trinajstić information content (AvgIpc) is 2.92. The van der Waals surface area contributed by atoms with Gasteiger partial charge >= 0.3 is 5.97 Å². The smallest absolute Gasteiger partial charge is 0.342 e. The summed E-state index contributed by atoms with van der Waals surface area (Å²) in [5.41, 5.74) is 2.44. The van der Waals surface area contributed by atoms with Crippen LogP contribution in [0.1, 0.15) is 28.6 Å². The molecule has 0 aliphatic rings. The zero-order chi connectivity index (χ0) is 18.0. The van der Waals surface area contributed by atoms with Crippen molar-refractivity contribution in [3.8, 4) is 5.75 Å². The van der Waals surface area contributed by atoms with Gasteiger partial charge in [-0.2, -0.15) is 0 Å². The molecule has 0 radical (unpaired) electrons. The first-order valence-electron chi connectivity index (χ1n) is 7.88. The van der Waals surface area contributed by atoms with Gasteiger partial charge in [0.05, 0.1) is 24.8 Å². The Morgan fingerprint density at radius 2 is 2.08 bits per heavy atom. The quantitative estimate of drug-likeness (QED) is 0.707. The molecular formula is C18H19N3O4. The first-order chi connectivity index (χ1) is 12.0. The van der Waals surface area contributed by atoms with E-state index in [4.69, 9.17) is 13.9 Å². The third-order valence-corrected chi connectivity index (χ3v) is 3.75. The van der Waals surface area contributed by atoms with Crippen molar-refractivity contribution in [2.24, 2.45) is 0 Å². The molecule has 25 heavy (non-hydrogen) atoms. The number of hydrogen-bond acceptors (Lipinski definition) is 7. The van der Waals surface area contributed by atoms with Crippen molar-refractivity contribution in [3.05, 3.63) is 41.4 Å². The van der Waals surface area contributed by atoms with E-state index in [2.05, 4.69) is 15.3 Å².